The molecule has 5 nitrogen and oxygen atoms in total. The molecule has 0 atom stereocenters. The van der Waals surface area contributed by atoms with Gasteiger partial charge in [-0.1, -0.05) is 13.3 Å². The van der Waals surface area contributed by atoms with Crippen LogP contribution in [-0.4, -0.2) is 33.0 Å². The van der Waals surface area contributed by atoms with Gasteiger partial charge in [0.05, 0.1) is 24.7 Å². The van der Waals surface area contributed by atoms with E-state index in [4.69, 9.17) is 4.74 Å². The summed E-state index contributed by atoms with van der Waals surface area (Å²) in [5.74, 6) is 1.51. The molecule has 2 aliphatic rings. The Balaban J connectivity index is 1.52. The van der Waals surface area contributed by atoms with E-state index in [1.54, 1.807) is 6.20 Å². The highest BCUT2D eigenvalue weighted by Gasteiger charge is 2.30. The van der Waals surface area contributed by atoms with Gasteiger partial charge in [0.1, 0.15) is 5.75 Å². The molecule has 126 valence electrons. The standard InChI is InChI=1S/C19H23N3O2/c1-2-3-11-21-13-22-17(12-20-18(22)19(21)23)14-7-9-16(10-8-14)24-15-5-4-6-15/h7-10,12,15H,2-6,11,13H2,1H3. The third-order valence-electron chi connectivity index (χ3n) is 4.93. The van der Waals surface area contributed by atoms with Crippen LogP contribution in [0.1, 0.15) is 49.6 Å². The van der Waals surface area contributed by atoms with Crippen LogP contribution in [0.3, 0.4) is 0 Å². The number of amides is 1. The number of imidazole rings is 1. The Kier molecular flexibility index (Phi) is 4.00. The molecule has 1 aliphatic carbocycles. The third kappa shape index (κ3) is 2.68. The van der Waals surface area contributed by atoms with Crippen molar-refractivity contribution in [3.8, 4) is 17.0 Å². The first-order valence-corrected chi connectivity index (χ1v) is 8.88. The molecular formula is C19H23N3O2. The van der Waals surface area contributed by atoms with E-state index in [-0.39, 0.29) is 5.91 Å². The zero-order valence-corrected chi connectivity index (χ0v) is 14.1. The Morgan fingerprint density at radius 2 is 2.04 bits per heavy atom. The molecule has 1 aliphatic heterocycles. The van der Waals surface area contributed by atoms with E-state index in [0.717, 1.165) is 49.2 Å². The lowest BCUT2D eigenvalue weighted by molar-refractivity contribution is 0.0764. The van der Waals surface area contributed by atoms with Crippen LogP contribution in [0, 0.1) is 0 Å². The highest BCUT2D eigenvalue weighted by atomic mass is 16.5. The maximum absolute atomic E-state index is 12.4. The minimum Gasteiger partial charge on any atom is -0.490 e. The first kappa shape index (κ1) is 15.2. The molecule has 0 radical (unpaired) electrons. The zero-order valence-electron chi connectivity index (χ0n) is 14.1. The van der Waals surface area contributed by atoms with Gasteiger partial charge in [-0.25, -0.2) is 4.98 Å². The number of hydrogen-bond donors (Lipinski definition) is 0. The van der Waals surface area contributed by atoms with E-state index in [2.05, 4.69) is 24.0 Å². The van der Waals surface area contributed by atoms with E-state index in [1.807, 2.05) is 21.6 Å². The second-order valence-corrected chi connectivity index (χ2v) is 6.65. The van der Waals surface area contributed by atoms with E-state index >= 15 is 0 Å². The number of carbonyl (C=O) groups is 1. The molecule has 0 saturated heterocycles. The van der Waals surface area contributed by atoms with Crippen LogP contribution >= 0.6 is 0 Å². The normalized spacial score (nSPS) is 17.0. The molecule has 1 fully saturated rings. The van der Waals surface area contributed by atoms with E-state index in [0.29, 0.717) is 18.6 Å². The Morgan fingerprint density at radius 1 is 1.25 bits per heavy atom. The van der Waals surface area contributed by atoms with Crippen molar-refractivity contribution >= 4 is 5.91 Å². The molecule has 0 N–H and O–H groups in total. The van der Waals surface area contributed by atoms with Crippen molar-refractivity contribution in [3.63, 3.8) is 0 Å². The minimum absolute atomic E-state index is 0.0413. The molecule has 0 spiro atoms. The van der Waals surface area contributed by atoms with Gasteiger partial charge in [0.15, 0.2) is 0 Å². The van der Waals surface area contributed by atoms with Crippen molar-refractivity contribution in [1.29, 1.82) is 0 Å². The van der Waals surface area contributed by atoms with Crippen LogP contribution in [0.25, 0.3) is 11.3 Å². The van der Waals surface area contributed by atoms with Crippen molar-refractivity contribution in [2.24, 2.45) is 0 Å². The fourth-order valence-electron chi connectivity index (χ4n) is 3.20. The third-order valence-corrected chi connectivity index (χ3v) is 4.93. The maximum atomic E-state index is 12.4. The summed E-state index contributed by atoms with van der Waals surface area (Å²) >= 11 is 0. The zero-order chi connectivity index (χ0) is 16.5. The van der Waals surface area contributed by atoms with E-state index in [9.17, 15) is 4.79 Å². The van der Waals surface area contributed by atoms with Crippen molar-refractivity contribution in [2.75, 3.05) is 6.54 Å². The summed E-state index contributed by atoms with van der Waals surface area (Å²) < 4.78 is 7.92. The summed E-state index contributed by atoms with van der Waals surface area (Å²) in [5.41, 5.74) is 2.06. The molecule has 0 bridgehead atoms. The number of benzene rings is 1. The average molecular weight is 325 g/mol. The van der Waals surface area contributed by atoms with Crippen LogP contribution in [-0.2, 0) is 6.67 Å². The number of rotatable bonds is 6. The van der Waals surface area contributed by atoms with E-state index in [1.165, 1.54) is 6.42 Å². The van der Waals surface area contributed by atoms with Crippen LogP contribution in [0.2, 0.25) is 0 Å². The molecule has 5 heteroatoms. The molecule has 1 aromatic heterocycles. The van der Waals surface area contributed by atoms with Crippen LogP contribution in [0.4, 0.5) is 0 Å². The summed E-state index contributed by atoms with van der Waals surface area (Å²) in [6.07, 6.45) is 7.89. The molecule has 1 saturated carbocycles. The Bertz CT molecular complexity index is 732. The Morgan fingerprint density at radius 3 is 2.71 bits per heavy atom. The highest BCUT2D eigenvalue weighted by molar-refractivity contribution is 5.93. The topological polar surface area (TPSA) is 47.4 Å². The molecule has 2 aromatic rings. The van der Waals surface area contributed by atoms with Gasteiger partial charge >= 0.3 is 0 Å². The first-order chi connectivity index (χ1) is 11.8. The van der Waals surface area contributed by atoms with Crippen LogP contribution in [0.15, 0.2) is 30.5 Å². The quantitative estimate of drug-likeness (QED) is 0.813. The fraction of sp³-hybridized carbons (Fsp3) is 0.474. The van der Waals surface area contributed by atoms with Gasteiger partial charge in [-0.2, -0.15) is 0 Å². The van der Waals surface area contributed by atoms with Gasteiger partial charge < -0.3 is 14.2 Å². The van der Waals surface area contributed by atoms with Gasteiger partial charge in [-0.15, -0.1) is 0 Å². The fourth-order valence-corrected chi connectivity index (χ4v) is 3.20. The van der Waals surface area contributed by atoms with Crippen molar-refractivity contribution in [2.45, 2.75) is 51.8 Å². The highest BCUT2D eigenvalue weighted by Crippen LogP contribution is 2.29. The summed E-state index contributed by atoms with van der Waals surface area (Å²) in [4.78, 5) is 18.6. The predicted octanol–water partition coefficient (Wildman–Crippen LogP) is 3.69. The molecule has 1 aromatic carbocycles. The number of nitrogens with zero attached hydrogens (tertiary/aromatic N) is 3. The van der Waals surface area contributed by atoms with Crippen LogP contribution in [0.5, 0.6) is 5.75 Å². The maximum Gasteiger partial charge on any atom is 0.291 e. The molecule has 2 heterocycles. The monoisotopic (exact) mass is 325 g/mol. The van der Waals surface area contributed by atoms with Crippen molar-refractivity contribution in [1.82, 2.24) is 14.5 Å². The number of unbranched alkanes of at least 4 members (excludes halogenated alkanes) is 1. The summed E-state index contributed by atoms with van der Waals surface area (Å²) in [7, 11) is 0. The number of hydrogen-bond acceptors (Lipinski definition) is 3. The van der Waals surface area contributed by atoms with Gasteiger partial charge in [0, 0.05) is 12.1 Å². The van der Waals surface area contributed by atoms with Crippen molar-refractivity contribution < 1.29 is 9.53 Å². The smallest absolute Gasteiger partial charge is 0.291 e. The number of aromatic nitrogens is 2. The lowest BCUT2D eigenvalue weighted by Gasteiger charge is -2.26. The second kappa shape index (κ2) is 6.30. The lowest BCUT2D eigenvalue weighted by atomic mass is 9.96. The van der Waals surface area contributed by atoms with Gasteiger partial charge in [0.25, 0.3) is 5.91 Å². The molecular weight excluding hydrogens is 302 g/mol. The molecule has 24 heavy (non-hydrogen) atoms. The molecule has 0 unspecified atom stereocenters. The SMILES string of the molecule is CCCCN1Cn2c(-c3ccc(OC4CCC4)cc3)cnc2C1=O. The molecule has 1 amide bonds. The van der Waals surface area contributed by atoms with Crippen molar-refractivity contribution in [3.05, 3.63) is 36.3 Å². The number of fused-ring (bicyclic) bond motifs is 1. The minimum atomic E-state index is 0.0413. The average Bonchev–Trinajstić information content (AvgIpc) is 3.10. The number of ether oxygens (including phenoxy) is 1. The van der Waals surface area contributed by atoms with Crippen LogP contribution < -0.4 is 4.74 Å². The number of carbonyl (C=O) groups excluding carboxylic acids is 1. The Hall–Kier alpha value is -2.30. The predicted molar refractivity (Wildman–Crippen MR) is 91.9 cm³/mol. The first-order valence-electron chi connectivity index (χ1n) is 8.88. The van der Waals surface area contributed by atoms with E-state index < -0.39 is 0 Å². The van der Waals surface area contributed by atoms with Gasteiger partial charge in [-0.05, 0) is 49.9 Å². The lowest BCUT2D eigenvalue weighted by Crippen LogP contribution is -2.25. The summed E-state index contributed by atoms with van der Waals surface area (Å²) in [6, 6.07) is 8.13. The van der Waals surface area contributed by atoms with Gasteiger partial charge in [-0.3, -0.25) is 4.79 Å². The summed E-state index contributed by atoms with van der Waals surface area (Å²) in [5, 5.41) is 0. The Labute approximate surface area is 142 Å². The van der Waals surface area contributed by atoms with Gasteiger partial charge in [0.2, 0.25) is 5.82 Å². The molecule has 4 rings (SSSR count). The summed E-state index contributed by atoms with van der Waals surface area (Å²) in [6.45, 7) is 3.54. The largest absolute Gasteiger partial charge is 0.490 e. The second-order valence-electron chi connectivity index (χ2n) is 6.65.